The maximum atomic E-state index is 11.7. The normalized spacial score (nSPS) is 17.4. The number of para-hydroxylation sites is 1. The first-order valence-corrected chi connectivity index (χ1v) is 6.55. The molecule has 2 rings (SSSR count). The van der Waals surface area contributed by atoms with Crippen molar-refractivity contribution in [3.05, 3.63) is 29.8 Å². The molecule has 106 valence electrons. The number of hydrogen-bond acceptors (Lipinski definition) is 4. The Hall–Kier alpha value is -2.15. The summed E-state index contributed by atoms with van der Waals surface area (Å²) in [6.45, 7) is 0.304. The van der Waals surface area contributed by atoms with Gasteiger partial charge in [-0.2, -0.15) is 0 Å². The van der Waals surface area contributed by atoms with Gasteiger partial charge in [-0.25, -0.2) is 0 Å². The van der Waals surface area contributed by atoms with E-state index in [-0.39, 0.29) is 29.5 Å². The Bertz CT molecular complexity index is 547. The molecule has 1 aliphatic heterocycles. The van der Waals surface area contributed by atoms with Crippen LogP contribution in [0.4, 0.5) is 0 Å². The average Bonchev–Trinajstić information content (AvgIpc) is 2.82. The SMILES string of the molecule is NC(=S)c1ccccc1OCC(=O)NC1CNC(=O)C1. The second-order valence-electron chi connectivity index (χ2n) is 4.42. The minimum atomic E-state index is -0.288. The van der Waals surface area contributed by atoms with E-state index >= 15 is 0 Å². The Labute approximate surface area is 121 Å². The van der Waals surface area contributed by atoms with E-state index in [1.54, 1.807) is 24.3 Å². The summed E-state index contributed by atoms with van der Waals surface area (Å²) in [5.41, 5.74) is 6.16. The molecule has 1 aromatic carbocycles. The number of carbonyl (C=O) groups is 2. The van der Waals surface area contributed by atoms with Gasteiger partial charge in [-0.05, 0) is 12.1 Å². The van der Waals surface area contributed by atoms with Gasteiger partial charge in [-0.1, -0.05) is 24.4 Å². The van der Waals surface area contributed by atoms with Gasteiger partial charge in [0.05, 0.1) is 11.6 Å². The first kappa shape index (κ1) is 14.3. The largest absolute Gasteiger partial charge is 0.483 e. The zero-order chi connectivity index (χ0) is 14.5. The fraction of sp³-hybridized carbons (Fsp3) is 0.308. The first-order valence-electron chi connectivity index (χ1n) is 6.14. The average molecular weight is 293 g/mol. The molecular formula is C13H15N3O3S. The number of nitrogens with two attached hydrogens (primary N) is 1. The molecule has 0 bridgehead atoms. The summed E-state index contributed by atoms with van der Waals surface area (Å²) in [5.74, 6) is 0.120. The van der Waals surface area contributed by atoms with E-state index in [9.17, 15) is 9.59 Å². The monoisotopic (exact) mass is 293 g/mol. The Morgan fingerprint density at radius 2 is 2.25 bits per heavy atom. The summed E-state index contributed by atoms with van der Waals surface area (Å²) < 4.78 is 5.41. The second-order valence-corrected chi connectivity index (χ2v) is 4.86. The fourth-order valence-electron chi connectivity index (χ4n) is 1.92. The second kappa shape index (κ2) is 6.33. The van der Waals surface area contributed by atoms with Crippen LogP contribution in [-0.4, -0.2) is 36.0 Å². The number of benzene rings is 1. The van der Waals surface area contributed by atoms with Crippen molar-refractivity contribution >= 4 is 29.0 Å². The molecule has 1 heterocycles. The van der Waals surface area contributed by atoms with Gasteiger partial charge in [-0.3, -0.25) is 9.59 Å². The van der Waals surface area contributed by atoms with E-state index in [2.05, 4.69) is 10.6 Å². The molecule has 20 heavy (non-hydrogen) atoms. The lowest BCUT2D eigenvalue weighted by Crippen LogP contribution is -2.39. The van der Waals surface area contributed by atoms with Crippen LogP contribution in [0.5, 0.6) is 5.75 Å². The molecule has 1 saturated heterocycles. The molecule has 1 aromatic rings. The number of thiocarbonyl (C=S) groups is 1. The van der Waals surface area contributed by atoms with Gasteiger partial charge in [-0.15, -0.1) is 0 Å². The predicted molar refractivity (Wildman–Crippen MR) is 77.4 cm³/mol. The Kier molecular flexibility index (Phi) is 4.52. The maximum Gasteiger partial charge on any atom is 0.258 e. The highest BCUT2D eigenvalue weighted by molar-refractivity contribution is 7.80. The minimum Gasteiger partial charge on any atom is -0.483 e. The summed E-state index contributed by atoms with van der Waals surface area (Å²) in [6.07, 6.45) is 0.301. The molecule has 0 aromatic heterocycles. The molecule has 2 amide bonds. The van der Waals surface area contributed by atoms with Crippen LogP contribution in [0.1, 0.15) is 12.0 Å². The van der Waals surface area contributed by atoms with Gasteiger partial charge in [0.25, 0.3) is 5.91 Å². The third-order valence-electron chi connectivity index (χ3n) is 2.85. The molecule has 1 aliphatic rings. The lowest BCUT2D eigenvalue weighted by atomic mass is 10.2. The van der Waals surface area contributed by atoms with E-state index < -0.39 is 0 Å². The van der Waals surface area contributed by atoms with Gasteiger partial charge in [0.1, 0.15) is 10.7 Å². The van der Waals surface area contributed by atoms with E-state index in [0.717, 1.165) is 0 Å². The summed E-state index contributed by atoms with van der Waals surface area (Å²) in [4.78, 5) is 22.9. The van der Waals surface area contributed by atoms with Crippen LogP contribution in [0.25, 0.3) is 0 Å². The molecule has 0 spiro atoms. The van der Waals surface area contributed by atoms with Crippen molar-refractivity contribution in [1.29, 1.82) is 0 Å². The fourth-order valence-corrected chi connectivity index (χ4v) is 2.08. The van der Waals surface area contributed by atoms with Crippen molar-refractivity contribution in [2.45, 2.75) is 12.5 Å². The van der Waals surface area contributed by atoms with Crippen LogP contribution in [0.2, 0.25) is 0 Å². The molecule has 4 N–H and O–H groups in total. The van der Waals surface area contributed by atoms with E-state index in [4.69, 9.17) is 22.7 Å². The molecule has 0 saturated carbocycles. The number of carbonyl (C=O) groups excluding carboxylic acids is 2. The smallest absolute Gasteiger partial charge is 0.258 e. The molecule has 1 atom stereocenters. The van der Waals surface area contributed by atoms with Crippen molar-refractivity contribution in [2.24, 2.45) is 5.73 Å². The van der Waals surface area contributed by atoms with Crippen molar-refractivity contribution in [2.75, 3.05) is 13.2 Å². The quantitative estimate of drug-likeness (QED) is 0.648. The van der Waals surface area contributed by atoms with Gasteiger partial charge in [0.15, 0.2) is 6.61 Å². The standard InChI is InChI=1S/C13H15N3O3S/c14-13(20)9-3-1-2-4-10(9)19-7-12(18)16-8-5-11(17)15-6-8/h1-4,8H,5-7H2,(H2,14,20)(H,15,17)(H,16,18). The summed E-state index contributed by atoms with van der Waals surface area (Å²) in [6, 6.07) is 6.81. The molecule has 0 radical (unpaired) electrons. The first-order chi connectivity index (χ1) is 9.56. The highest BCUT2D eigenvalue weighted by Crippen LogP contribution is 2.17. The maximum absolute atomic E-state index is 11.7. The third kappa shape index (κ3) is 3.67. The van der Waals surface area contributed by atoms with Crippen molar-refractivity contribution in [3.8, 4) is 5.75 Å². The summed E-state index contributed by atoms with van der Waals surface area (Å²) in [5, 5.41) is 5.36. The Morgan fingerprint density at radius 1 is 1.50 bits per heavy atom. The zero-order valence-corrected chi connectivity index (χ0v) is 11.5. The summed E-state index contributed by atoms with van der Waals surface area (Å²) in [7, 11) is 0. The number of ether oxygens (including phenoxy) is 1. The van der Waals surface area contributed by atoms with Gasteiger partial charge in [0.2, 0.25) is 5.91 Å². The molecule has 0 aliphatic carbocycles. The van der Waals surface area contributed by atoms with Crippen molar-refractivity contribution in [3.63, 3.8) is 0 Å². The van der Waals surface area contributed by atoms with Crippen molar-refractivity contribution in [1.82, 2.24) is 10.6 Å². The lowest BCUT2D eigenvalue weighted by molar-refractivity contribution is -0.123. The van der Waals surface area contributed by atoms with Crippen LogP contribution >= 0.6 is 12.2 Å². The van der Waals surface area contributed by atoms with Gasteiger partial charge >= 0.3 is 0 Å². The van der Waals surface area contributed by atoms with Crippen molar-refractivity contribution < 1.29 is 14.3 Å². The molecule has 7 heteroatoms. The van der Waals surface area contributed by atoms with E-state index in [1.807, 2.05) is 0 Å². The molecule has 1 unspecified atom stereocenters. The Morgan fingerprint density at radius 3 is 2.90 bits per heavy atom. The summed E-state index contributed by atoms with van der Waals surface area (Å²) >= 11 is 4.91. The number of rotatable bonds is 5. The van der Waals surface area contributed by atoms with Crippen LogP contribution in [0.15, 0.2) is 24.3 Å². The van der Waals surface area contributed by atoms with Crippen LogP contribution in [0.3, 0.4) is 0 Å². The molecule has 6 nitrogen and oxygen atoms in total. The number of amides is 2. The Balaban J connectivity index is 1.87. The lowest BCUT2D eigenvalue weighted by Gasteiger charge is -2.13. The predicted octanol–water partition coefficient (Wildman–Crippen LogP) is -0.296. The zero-order valence-electron chi connectivity index (χ0n) is 10.7. The van der Waals surface area contributed by atoms with Crippen LogP contribution in [-0.2, 0) is 9.59 Å². The topological polar surface area (TPSA) is 93.4 Å². The molecular weight excluding hydrogens is 278 g/mol. The van der Waals surface area contributed by atoms with Crippen LogP contribution < -0.4 is 21.1 Å². The number of hydrogen-bond donors (Lipinski definition) is 3. The minimum absolute atomic E-state index is 0.0601. The van der Waals surface area contributed by atoms with E-state index in [0.29, 0.717) is 24.3 Å². The van der Waals surface area contributed by atoms with Gasteiger partial charge < -0.3 is 21.1 Å². The highest BCUT2D eigenvalue weighted by Gasteiger charge is 2.22. The van der Waals surface area contributed by atoms with E-state index in [1.165, 1.54) is 0 Å². The molecule has 1 fully saturated rings. The highest BCUT2D eigenvalue weighted by atomic mass is 32.1. The van der Waals surface area contributed by atoms with Gasteiger partial charge in [0, 0.05) is 13.0 Å². The third-order valence-corrected chi connectivity index (χ3v) is 3.07. The number of nitrogens with one attached hydrogen (secondary N) is 2. The van der Waals surface area contributed by atoms with Crippen LogP contribution in [0, 0.1) is 0 Å².